The molecule has 2 heteroatoms. The van der Waals surface area contributed by atoms with Gasteiger partial charge in [0.1, 0.15) is 0 Å². The normalized spacial score (nSPS) is 51.9. The Morgan fingerprint density at radius 3 is 2.27 bits per heavy atom. The lowest BCUT2D eigenvalue weighted by molar-refractivity contribution is -0.128. The molecule has 0 unspecified atom stereocenters. The fourth-order valence-corrected chi connectivity index (χ4v) is 5.24. The Labute approximate surface area is 91.8 Å². The molecular formula is C13H21NO. The maximum absolute atomic E-state index is 11.3. The third-order valence-corrected chi connectivity index (χ3v) is 4.79. The van der Waals surface area contributed by atoms with Gasteiger partial charge in [-0.25, -0.2) is 0 Å². The van der Waals surface area contributed by atoms with E-state index in [1.807, 2.05) is 0 Å². The highest BCUT2D eigenvalue weighted by molar-refractivity contribution is 5.74. The Morgan fingerprint density at radius 2 is 1.80 bits per heavy atom. The van der Waals surface area contributed by atoms with Crippen LogP contribution in [0, 0.1) is 17.3 Å². The van der Waals surface area contributed by atoms with Crippen molar-refractivity contribution >= 4 is 5.91 Å². The number of carbonyl (C=O) groups is 1. The second kappa shape index (κ2) is 2.78. The fraction of sp³-hybridized carbons (Fsp3) is 0.923. The summed E-state index contributed by atoms with van der Waals surface area (Å²) in [7, 11) is 0. The van der Waals surface area contributed by atoms with Crippen molar-refractivity contribution in [2.24, 2.45) is 17.3 Å². The van der Waals surface area contributed by atoms with E-state index >= 15 is 0 Å². The number of rotatable bonds is 1. The minimum Gasteiger partial charge on any atom is -0.351 e. The smallest absolute Gasteiger partial charge is 0.217 e. The van der Waals surface area contributed by atoms with Gasteiger partial charge in [0.2, 0.25) is 5.91 Å². The molecule has 0 spiro atoms. The van der Waals surface area contributed by atoms with Gasteiger partial charge in [-0.2, -0.15) is 0 Å². The zero-order valence-electron chi connectivity index (χ0n) is 9.81. The van der Waals surface area contributed by atoms with Crippen LogP contribution in [0.25, 0.3) is 0 Å². The molecule has 0 aromatic rings. The summed E-state index contributed by atoms with van der Waals surface area (Å²) in [5.74, 6) is 1.95. The van der Waals surface area contributed by atoms with E-state index in [4.69, 9.17) is 0 Å². The zero-order valence-corrected chi connectivity index (χ0v) is 9.81. The van der Waals surface area contributed by atoms with Crippen molar-refractivity contribution in [1.29, 1.82) is 0 Å². The van der Waals surface area contributed by atoms with Crippen molar-refractivity contribution < 1.29 is 4.79 Å². The number of hydrogen-bond acceptors (Lipinski definition) is 1. The monoisotopic (exact) mass is 207 g/mol. The Morgan fingerprint density at radius 1 is 1.20 bits per heavy atom. The van der Waals surface area contributed by atoms with E-state index in [0.717, 1.165) is 11.8 Å². The maximum atomic E-state index is 11.3. The van der Waals surface area contributed by atoms with Crippen LogP contribution in [0.5, 0.6) is 0 Å². The summed E-state index contributed by atoms with van der Waals surface area (Å²) in [5, 5.41) is 3.27. The molecule has 1 N–H and O–H groups in total. The van der Waals surface area contributed by atoms with Crippen molar-refractivity contribution in [3.05, 3.63) is 0 Å². The Hall–Kier alpha value is -0.530. The molecule has 15 heavy (non-hydrogen) atoms. The standard InChI is InChI=1S/C13H21NO/c1-9(15)14-13-6-10-3-11(7-13)5-12(2,4-10)8-13/h10-11H,3-8H2,1-2H3,(H,14,15)/t10-,11-,12?,13?/m0/s1. The first-order valence-electron chi connectivity index (χ1n) is 6.27. The van der Waals surface area contributed by atoms with Crippen LogP contribution in [-0.4, -0.2) is 11.4 Å². The predicted molar refractivity (Wildman–Crippen MR) is 59.3 cm³/mol. The van der Waals surface area contributed by atoms with Gasteiger partial charge in [0.05, 0.1) is 0 Å². The highest BCUT2D eigenvalue weighted by Crippen LogP contribution is 2.61. The average Bonchev–Trinajstić information content (AvgIpc) is 1.94. The SMILES string of the molecule is CC(=O)NC12C[C@H]3C[C@@H](CC(C)(C3)C1)C2. The molecule has 0 aromatic heterocycles. The summed E-state index contributed by atoms with van der Waals surface area (Å²) >= 11 is 0. The molecule has 0 heterocycles. The van der Waals surface area contributed by atoms with Crippen LogP contribution in [0.4, 0.5) is 0 Å². The number of carbonyl (C=O) groups excluding carboxylic acids is 1. The molecule has 2 nitrogen and oxygen atoms in total. The third-order valence-electron chi connectivity index (χ3n) is 4.79. The number of nitrogens with one attached hydrogen (secondary N) is 1. The lowest BCUT2D eigenvalue weighted by Gasteiger charge is -2.61. The topological polar surface area (TPSA) is 29.1 Å². The summed E-state index contributed by atoms with van der Waals surface area (Å²) in [6.45, 7) is 4.10. The number of amides is 1. The van der Waals surface area contributed by atoms with Crippen molar-refractivity contribution in [2.75, 3.05) is 0 Å². The van der Waals surface area contributed by atoms with Gasteiger partial charge in [0.15, 0.2) is 0 Å². The quantitative estimate of drug-likeness (QED) is 0.703. The van der Waals surface area contributed by atoms with Crippen molar-refractivity contribution in [3.63, 3.8) is 0 Å². The van der Waals surface area contributed by atoms with E-state index < -0.39 is 0 Å². The van der Waals surface area contributed by atoms with E-state index in [0.29, 0.717) is 5.41 Å². The summed E-state index contributed by atoms with van der Waals surface area (Å²) < 4.78 is 0. The molecule has 4 rings (SSSR count). The largest absolute Gasteiger partial charge is 0.351 e. The molecule has 0 aromatic carbocycles. The molecule has 0 radical (unpaired) electrons. The second-order valence-corrected chi connectivity index (χ2v) is 6.73. The van der Waals surface area contributed by atoms with Gasteiger partial charge in [0.25, 0.3) is 0 Å². The minimum absolute atomic E-state index is 0.167. The average molecular weight is 207 g/mol. The third kappa shape index (κ3) is 1.49. The van der Waals surface area contributed by atoms with E-state index in [1.54, 1.807) is 6.92 Å². The Kier molecular flexibility index (Phi) is 1.79. The molecule has 4 aliphatic carbocycles. The first kappa shape index (κ1) is 9.68. The second-order valence-electron chi connectivity index (χ2n) is 6.73. The van der Waals surface area contributed by atoms with Gasteiger partial charge in [-0.15, -0.1) is 0 Å². The molecule has 1 amide bonds. The van der Waals surface area contributed by atoms with E-state index in [1.165, 1.54) is 38.5 Å². The molecule has 84 valence electrons. The van der Waals surface area contributed by atoms with Crippen molar-refractivity contribution in [1.82, 2.24) is 5.32 Å². The Balaban J connectivity index is 1.89. The van der Waals surface area contributed by atoms with Crippen molar-refractivity contribution in [3.8, 4) is 0 Å². The van der Waals surface area contributed by atoms with Crippen molar-refractivity contribution in [2.45, 2.75) is 57.9 Å². The molecule has 4 fully saturated rings. The summed E-state index contributed by atoms with van der Waals surface area (Å²) in [6, 6.07) is 0. The lowest BCUT2D eigenvalue weighted by atomic mass is 9.47. The van der Waals surface area contributed by atoms with Crippen LogP contribution in [-0.2, 0) is 4.79 Å². The highest BCUT2D eigenvalue weighted by Gasteiger charge is 2.55. The van der Waals surface area contributed by atoms with Gasteiger partial charge in [-0.1, -0.05) is 6.92 Å². The van der Waals surface area contributed by atoms with Crippen LogP contribution in [0.2, 0.25) is 0 Å². The molecule has 2 atom stereocenters. The summed E-state index contributed by atoms with van der Waals surface area (Å²) in [5.41, 5.74) is 0.719. The van der Waals surface area contributed by atoms with Crippen LogP contribution in [0.3, 0.4) is 0 Å². The molecular weight excluding hydrogens is 186 g/mol. The lowest BCUT2D eigenvalue weighted by Crippen LogP contribution is -2.62. The van der Waals surface area contributed by atoms with Gasteiger partial charge < -0.3 is 5.32 Å². The predicted octanol–water partition coefficient (Wildman–Crippen LogP) is 2.48. The number of hydrogen-bond donors (Lipinski definition) is 1. The van der Waals surface area contributed by atoms with Crippen LogP contribution < -0.4 is 5.32 Å². The molecule has 0 aliphatic heterocycles. The van der Waals surface area contributed by atoms with E-state index in [9.17, 15) is 4.79 Å². The fourth-order valence-electron chi connectivity index (χ4n) is 5.24. The summed E-state index contributed by atoms with van der Waals surface area (Å²) in [4.78, 5) is 11.3. The molecule has 4 aliphatic rings. The maximum Gasteiger partial charge on any atom is 0.217 e. The van der Waals surface area contributed by atoms with Gasteiger partial charge in [0, 0.05) is 12.5 Å². The Bertz CT molecular complexity index is 296. The van der Waals surface area contributed by atoms with E-state index in [-0.39, 0.29) is 11.4 Å². The van der Waals surface area contributed by atoms with Gasteiger partial charge in [-0.05, 0) is 55.8 Å². The van der Waals surface area contributed by atoms with Gasteiger partial charge in [-0.3, -0.25) is 4.79 Å². The van der Waals surface area contributed by atoms with Crippen LogP contribution in [0.1, 0.15) is 52.4 Å². The summed E-state index contributed by atoms with van der Waals surface area (Å²) in [6.07, 6.45) is 7.97. The first-order chi connectivity index (χ1) is 6.99. The zero-order chi connectivity index (χ0) is 10.7. The van der Waals surface area contributed by atoms with E-state index in [2.05, 4.69) is 12.2 Å². The molecule has 4 bridgehead atoms. The molecule has 4 saturated carbocycles. The van der Waals surface area contributed by atoms with Crippen LogP contribution in [0.15, 0.2) is 0 Å². The van der Waals surface area contributed by atoms with Crippen LogP contribution >= 0.6 is 0 Å². The molecule has 0 saturated heterocycles. The minimum atomic E-state index is 0.167. The first-order valence-corrected chi connectivity index (χ1v) is 6.27. The highest BCUT2D eigenvalue weighted by atomic mass is 16.1. The van der Waals surface area contributed by atoms with Gasteiger partial charge >= 0.3 is 0 Å².